The van der Waals surface area contributed by atoms with Crippen LogP contribution in [0.3, 0.4) is 0 Å². The van der Waals surface area contributed by atoms with Gasteiger partial charge in [-0.15, -0.1) is 0 Å². The molecule has 1 aliphatic rings. The van der Waals surface area contributed by atoms with Gasteiger partial charge in [-0.2, -0.15) is 0 Å². The summed E-state index contributed by atoms with van der Waals surface area (Å²) < 4.78 is 28.5. The zero-order chi connectivity index (χ0) is 14.2. The molecule has 106 valence electrons. The second kappa shape index (κ2) is 5.11. The third-order valence-electron chi connectivity index (χ3n) is 3.17. The maximum atomic E-state index is 11.4. The number of aliphatic hydroxyl groups excluding tert-OH is 2. The van der Waals surface area contributed by atoms with Gasteiger partial charge in [0.15, 0.2) is 9.84 Å². The van der Waals surface area contributed by atoms with Crippen LogP contribution >= 0.6 is 0 Å². The van der Waals surface area contributed by atoms with Gasteiger partial charge in [0.05, 0.1) is 17.6 Å². The molecule has 6 heteroatoms. The molecule has 0 spiro atoms. The molecule has 1 fully saturated rings. The number of benzene rings is 1. The van der Waals surface area contributed by atoms with Crippen molar-refractivity contribution in [3.63, 3.8) is 0 Å². The van der Waals surface area contributed by atoms with Crippen LogP contribution in [0.2, 0.25) is 0 Å². The maximum Gasteiger partial charge on any atom is 0.156 e. The number of ether oxygens (including phenoxy) is 1. The average Bonchev–Trinajstić information content (AvgIpc) is 2.51. The fourth-order valence-electron chi connectivity index (χ4n) is 2.16. The zero-order valence-electron chi connectivity index (χ0n) is 10.9. The number of aliphatic hydroxyl groups is 2. The standard InChI is InChI=1S/C13H18O5S/c1-8-3-4-10(9(2)14)12(5-8)18-13-7-19(16,17)6-11(13)15/h3-5,9,11,13-15H,6-7H2,1-2H3. The first-order chi connectivity index (χ1) is 8.78. The van der Waals surface area contributed by atoms with Crippen molar-refractivity contribution in [3.8, 4) is 5.75 Å². The zero-order valence-corrected chi connectivity index (χ0v) is 11.7. The fourth-order valence-corrected chi connectivity index (χ4v) is 3.82. The molecule has 1 aromatic carbocycles. The smallest absolute Gasteiger partial charge is 0.156 e. The Labute approximate surface area is 112 Å². The largest absolute Gasteiger partial charge is 0.486 e. The predicted octanol–water partition coefficient (Wildman–Crippen LogP) is 0.585. The lowest BCUT2D eigenvalue weighted by Gasteiger charge is -2.20. The number of hydrogen-bond donors (Lipinski definition) is 2. The highest BCUT2D eigenvalue weighted by Gasteiger charge is 2.38. The Hall–Kier alpha value is -1.11. The van der Waals surface area contributed by atoms with Crippen LogP contribution in [0, 0.1) is 6.92 Å². The SMILES string of the molecule is Cc1ccc(C(C)O)c(OC2CS(=O)(=O)CC2O)c1. The van der Waals surface area contributed by atoms with Crippen molar-refractivity contribution in [2.24, 2.45) is 0 Å². The predicted molar refractivity (Wildman–Crippen MR) is 70.9 cm³/mol. The Morgan fingerprint density at radius 3 is 2.58 bits per heavy atom. The molecule has 5 nitrogen and oxygen atoms in total. The van der Waals surface area contributed by atoms with E-state index in [0.717, 1.165) is 5.56 Å². The fraction of sp³-hybridized carbons (Fsp3) is 0.538. The molecule has 1 aromatic rings. The molecular weight excluding hydrogens is 268 g/mol. The van der Waals surface area contributed by atoms with Crippen molar-refractivity contribution in [3.05, 3.63) is 29.3 Å². The van der Waals surface area contributed by atoms with Gasteiger partial charge in [-0.3, -0.25) is 0 Å². The second-order valence-corrected chi connectivity index (χ2v) is 7.17. The summed E-state index contributed by atoms with van der Waals surface area (Å²) in [7, 11) is -3.25. The molecule has 0 radical (unpaired) electrons. The molecule has 1 aliphatic heterocycles. The first kappa shape index (κ1) is 14.3. The quantitative estimate of drug-likeness (QED) is 0.849. The van der Waals surface area contributed by atoms with E-state index < -0.39 is 28.1 Å². The summed E-state index contributed by atoms with van der Waals surface area (Å²) in [5.74, 6) is -0.0364. The molecule has 2 rings (SSSR count). The molecular formula is C13H18O5S. The van der Waals surface area contributed by atoms with Gasteiger partial charge in [0.2, 0.25) is 0 Å². The molecule has 0 aliphatic carbocycles. The first-order valence-corrected chi connectivity index (χ1v) is 7.94. The van der Waals surface area contributed by atoms with Crippen LogP contribution in [-0.2, 0) is 9.84 Å². The van der Waals surface area contributed by atoms with Gasteiger partial charge < -0.3 is 14.9 Å². The van der Waals surface area contributed by atoms with E-state index in [-0.39, 0.29) is 11.5 Å². The van der Waals surface area contributed by atoms with Crippen molar-refractivity contribution in [2.75, 3.05) is 11.5 Å². The van der Waals surface area contributed by atoms with E-state index in [1.165, 1.54) is 0 Å². The number of rotatable bonds is 3. The highest BCUT2D eigenvalue weighted by atomic mass is 32.2. The van der Waals surface area contributed by atoms with Crippen LogP contribution in [-0.4, -0.2) is 42.3 Å². The first-order valence-electron chi connectivity index (χ1n) is 6.12. The van der Waals surface area contributed by atoms with Gasteiger partial charge in [0, 0.05) is 5.56 Å². The Bertz CT molecular complexity index is 564. The van der Waals surface area contributed by atoms with Gasteiger partial charge >= 0.3 is 0 Å². The monoisotopic (exact) mass is 286 g/mol. The summed E-state index contributed by atoms with van der Waals surface area (Å²) in [6.07, 6.45) is -2.51. The Balaban J connectivity index is 2.26. The van der Waals surface area contributed by atoms with Crippen LogP contribution in [0.1, 0.15) is 24.2 Å². The van der Waals surface area contributed by atoms with E-state index >= 15 is 0 Å². The molecule has 0 saturated carbocycles. The number of sulfone groups is 1. The van der Waals surface area contributed by atoms with Crippen molar-refractivity contribution in [1.29, 1.82) is 0 Å². The molecule has 0 bridgehead atoms. The van der Waals surface area contributed by atoms with Crippen LogP contribution in [0.15, 0.2) is 18.2 Å². The van der Waals surface area contributed by atoms with E-state index in [1.54, 1.807) is 19.1 Å². The van der Waals surface area contributed by atoms with Gasteiger partial charge in [0.1, 0.15) is 18.0 Å². The van der Waals surface area contributed by atoms with E-state index in [4.69, 9.17) is 4.74 Å². The Morgan fingerprint density at radius 2 is 2.05 bits per heavy atom. The lowest BCUT2D eigenvalue weighted by molar-refractivity contribution is 0.0707. The summed E-state index contributed by atoms with van der Waals surface area (Å²) in [6, 6.07) is 5.32. The van der Waals surface area contributed by atoms with Crippen LogP contribution < -0.4 is 4.74 Å². The minimum absolute atomic E-state index is 0.193. The van der Waals surface area contributed by atoms with Gasteiger partial charge in [-0.1, -0.05) is 12.1 Å². The normalized spacial score (nSPS) is 27.2. The van der Waals surface area contributed by atoms with Crippen LogP contribution in [0.4, 0.5) is 0 Å². The van der Waals surface area contributed by atoms with E-state index in [0.29, 0.717) is 11.3 Å². The van der Waals surface area contributed by atoms with Crippen LogP contribution in [0.25, 0.3) is 0 Å². The summed E-state index contributed by atoms with van der Waals surface area (Å²) in [4.78, 5) is 0. The topological polar surface area (TPSA) is 83.8 Å². The third-order valence-corrected chi connectivity index (χ3v) is 4.86. The van der Waals surface area contributed by atoms with Gasteiger partial charge in [0.25, 0.3) is 0 Å². The van der Waals surface area contributed by atoms with Crippen molar-refractivity contribution < 1.29 is 23.4 Å². The lowest BCUT2D eigenvalue weighted by Crippen LogP contribution is -2.30. The second-order valence-electron chi connectivity index (χ2n) is 5.02. The van der Waals surface area contributed by atoms with Crippen molar-refractivity contribution in [1.82, 2.24) is 0 Å². The summed E-state index contributed by atoms with van der Waals surface area (Å²) in [6.45, 7) is 3.49. The molecule has 1 heterocycles. The van der Waals surface area contributed by atoms with E-state index in [2.05, 4.69) is 0 Å². The molecule has 1 saturated heterocycles. The highest BCUT2D eigenvalue weighted by molar-refractivity contribution is 7.91. The van der Waals surface area contributed by atoms with Gasteiger partial charge in [-0.05, 0) is 25.5 Å². The summed E-state index contributed by atoms with van der Waals surface area (Å²) >= 11 is 0. The van der Waals surface area contributed by atoms with Gasteiger partial charge in [-0.25, -0.2) is 8.42 Å². The lowest BCUT2D eigenvalue weighted by atomic mass is 10.1. The number of aryl methyl sites for hydroxylation is 1. The molecule has 19 heavy (non-hydrogen) atoms. The van der Waals surface area contributed by atoms with E-state index in [1.807, 2.05) is 13.0 Å². The Morgan fingerprint density at radius 1 is 1.37 bits per heavy atom. The maximum absolute atomic E-state index is 11.4. The summed E-state index contributed by atoms with van der Waals surface area (Å²) in [5.41, 5.74) is 1.52. The molecule has 0 amide bonds. The van der Waals surface area contributed by atoms with Crippen LogP contribution in [0.5, 0.6) is 5.75 Å². The molecule has 0 aromatic heterocycles. The minimum atomic E-state index is -3.25. The third kappa shape index (κ3) is 3.26. The Kier molecular flexibility index (Phi) is 3.85. The van der Waals surface area contributed by atoms with Crippen molar-refractivity contribution >= 4 is 9.84 Å². The summed E-state index contributed by atoms with van der Waals surface area (Å²) in [5, 5.41) is 19.4. The minimum Gasteiger partial charge on any atom is -0.486 e. The van der Waals surface area contributed by atoms with E-state index in [9.17, 15) is 18.6 Å². The highest BCUT2D eigenvalue weighted by Crippen LogP contribution is 2.29. The molecule has 3 unspecified atom stereocenters. The average molecular weight is 286 g/mol. The number of hydrogen-bond acceptors (Lipinski definition) is 5. The van der Waals surface area contributed by atoms with Crippen molar-refractivity contribution in [2.45, 2.75) is 32.2 Å². The molecule has 3 atom stereocenters. The molecule has 2 N–H and O–H groups in total.